The molecule has 2 heterocycles. The van der Waals surface area contributed by atoms with E-state index in [9.17, 15) is 9.59 Å². The van der Waals surface area contributed by atoms with Crippen molar-refractivity contribution in [3.8, 4) is 11.4 Å². The summed E-state index contributed by atoms with van der Waals surface area (Å²) in [5.41, 5.74) is 2.61. The van der Waals surface area contributed by atoms with E-state index < -0.39 is 12.6 Å². The van der Waals surface area contributed by atoms with Crippen molar-refractivity contribution in [1.29, 1.82) is 0 Å². The van der Waals surface area contributed by atoms with Gasteiger partial charge in [-0.2, -0.15) is 0 Å². The van der Waals surface area contributed by atoms with Gasteiger partial charge in [-0.3, -0.25) is 14.3 Å². The van der Waals surface area contributed by atoms with Crippen molar-refractivity contribution in [3.63, 3.8) is 0 Å². The maximum atomic E-state index is 13.3. The third-order valence-electron chi connectivity index (χ3n) is 5.49. The van der Waals surface area contributed by atoms with Crippen molar-refractivity contribution in [2.24, 2.45) is 0 Å². The summed E-state index contributed by atoms with van der Waals surface area (Å²) in [6.07, 6.45) is 2.97. The third kappa shape index (κ3) is 4.08. The SMILES string of the molecule is O=C(OCC(=O)N1c2ccccc2OCC1c1ccccc1)c1cncn1-c1ccccc1. The molecule has 164 valence electrons. The first-order valence-electron chi connectivity index (χ1n) is 10.6. The molecule has 0 fully saturated rings. The maximum absolute atomic E-state index is 13.3. The monoisotopic (exact) mass is 439 g/mol. The zero-order chi connectivity index (χ0) is 22.6. The van der Waals surface area contributed by atoms with E-state index in [1.165, 1.54) is 12.5 Å². The van der Waals surface area contributed by atoms with Crippen molar-refractivity contribution in [3.05, 3.63) is 109 Å². The molecule has 0 aliphatic carbocycles. The fourth-order valence-corrected chi connectivity index (χ4v) is 3.93. The minimum atomic E-state index is -0.623. The number of hydrogen-bond donors (Lipinski definition) is 0. The van der Waals surface area contributed by atoms with Crippen molar-refractivity contribution >= 4 is 17.6 Å². The van der Waals surface area contributed by atoms with Crippen LogP contribution in [0.15, 0.2) is 97.5 Å². The van der Waals surface area contributed by atoms with Crippen molar-refractivity contribution in [1.82, 2.24) is 9.55 Å². The van der Waals surface area contributed by atoms with E-state index in [4.69, 9.17) is 9.47 Å². The first kappa shape index (κ1) is 20.5. The van der Waals surface area contributed by atoms with Crippen molar-refractivity contribution in [2.45, 2.75) is 6.04 Å². The molecule has 1 aliphatic rings. The summed E-state index contributed by atoms with van der Waals surface area (Å²) in [6.45, 7) is -0.0992. The topological polar surface area (TPSA) is 73.7 Å². The predicted molar refractivity (Wildman–Crippen MR) is 122 cm³/mol. The Morgan fingerprint density at radius 1 is 0.939 bits per heavy atom. The lowest BCUT2D eigenvalue weighted by Crippen LogP contribution is -2.43. The number of amides is 1. The molecule has 1 aromatic heterocycles. The number of benzene rings is 3. The standard InChI is InChI=1S/C26H21N3O4/c30-25(17-33-26(31)22-15-27-18-28(22)20-11-5-2-6-12-20)29-21-13-7-8-14-24(21)32-16-23(29)19-9-3-1-4-10-19/h1-15,18,23H,16-17H2. The number of aromatic nitrogens is 2. The zero-order valence-electron chi connectivity index (χ0n) is 17.7. The number of esters is 1. The molecule has 5 rings (SSSR count). The number of fused-ring (bicyclic) bond motifs is 1. The van der Waals surface area contributed by atoms with Crippen LogP contribution >= 0.6 is 0 Å². The molecule has 0 bridgehead atoms. The van der Waals surface area contributed by atoms with Crippen LogP contribution in [0.3, 0.4) is 0 Å². The fourth-order valence-electron chi connectivity index (χ4n) is 3.93. The van der Waals surface area contributed by atoms with Crippen LogP contribution < -0.4 is 9.64 Å². The lowest BCUT2D eigenvalue weighted by atomic mass is 10.0. The Kier molecular flexibility index (Phi) is 5.59. The van der Waals surface area contributed by atoms with Crippen molar-refractivity contribution < 1.29 is 19.1 Å². The summed E-state index contributed by atoms with van der Waals surface area (Å²) in [5, 5.41) is 0. The van der Waals surface area contributed by atoms with Crippen LogP contribution in [-0.2, 0) is 9.53 Å². The van der Waals surface area contributed by atoms with Gasteiger partial charge in [-0.25, -0.2) is 9.78 Å². The highest BCUT2D eigenvalue weighted by Crippen LogP contribution is 2.39. The zero-order valence-corrected chi connectivity index (χ0v) is 17.7. The molecular weight excluding hydrogens is 418 g/mol. The van der Waals surface area contributed by atoms with Crippen molar-refractivity contribution in [2.75, 3.05) is 18.1 Å². The molecule has 1 unspecified atom stereocenters. The Morgan fingerprint density at radius 3 is 2.42 bits per heavy atom. The second-order valence-electron chi connectivity index (χ2n) is 7.53. The highest BCUT2D eigenvalue weighted by atomic mass is 16.5. The summed E-state index contributed by atoms with van der Waals surface area (Å²) in [6, 6.07) is 26.0. The molecule has 0 saturated heterocycles. The molecule has 0 spiro atoms. The maximum Gasteiger partial charge on any atom is 0.357 e. The molecule has 1 amide bonds. The van der Waals surface area contributed by atoms with E-state index in [1.54, 1.807) is 9.47 Å². The van der Waals surface area contributed by atoms with Gasteiger partial charge in [-0.1, -0.05) is 60.7 Å². The molecule has 7 heteroatoms. The normalized spacial score (nSPS) is 14.8. The molecule has 1 aliphatic heterocycles. The highest BCUT2D eigenvalue weighted by molar-refractivity contribution is 5.99. The van der Waals surface area contributed by atoms with Gasteiger partial charge in [-0.05, 0) is 29.8 Å². The summed E-state index contributed by atoms with van der Waals surface area (Å²) < 4.78 is 13.0. The first-order chi connectivity index (χ1) is 16.2. The Hall–Kier alpha value is -4.39. The summed E-state index contributed by atoms with van der Waals surface area (Å²) in [7, 11) is 0. The Morgan fingerprint density at radius 2 is 1.64 bits per heavy atom. The van der Waals surface area contributed by atoms with Gasteiger partial charge in [0.1, 0.15) is 12.4 Å². The number of carbonyl (C=O) groups is 2. The van der Waals surface area contributed by atoms with Crippen LogP contribution in [0.5, 0.6) is 5.75 Å². The molecular formula is C26H21N3O4. The minimum absolute atomic E-state index is 0.246. The Balaban J connectivity index is 1.37. The average Bonchev–Trinajstić information content (AvgIpc) is 3.38. The molecule has 4 aromatic rings. The van der Waals surface area contributed by atoms with Gasteiger partial charge in [0.05, 0.1) is 24.3 Å². The molecule has 0 saturated carbocycles. The number of ether oxygens (including phenoxy) is 2. The van der Waals surface area contributed by atoms with E-state index in [0.717, 1.165) is 11.3 Å². The van der Waals surface area contributed by atoms with Gasteiger partial charge >= 0.3 is 5.97 Å². The molecule has 7 nitrogen and oxygen atoms in total. The summed E-state index contributed by atoms with van der Waals surface area (Å²) >= 11 is 0. The number of rotatable bonds is 5. The average molecular weight is 439 g/mol. The largest absolute Gasteiger partial charge is 0.489 e. The minimum Gasteiger partial charge on any atom is -0.489 e. The predicted octanol–water partition coefficient (Wildman–Crippen LogP) is 4.20. The fraction of sp³-hybridized carbons (Fsp3) is 0.115. The number of carbonyl (C=O) groups excluding carboxylic acids is 2. The van der Waals surface area contributed by atoms with Gasteiger partial charge < -0.3 is 9.47 Å². The molecule has 0 radical (unpaired) electrons. The summed E-state index contributed by atoms with van der Waals surface area (Å²) in [4.78, 5) is 31.9. The van der Waals surface area contributed by atoms with Crippen LogP contribution in [0.4, 0.5) is 5.69 Å². The lowest BCUT2D eigenvalue weighted by molar-refractivity contribution is -0.122. The smallest absolute Gasteiger partial charge is 0.357 e. The molecule has 1 atom stereocenters. The van der Waals surface area contributed by atoms with Gasteiger partial charge in [0.15, 0.2) is 12.3 Å². The Bertz CT molecular complexity index is 1270. The second-order valence-corrected chi connectivity index (χ2v) is 7.53. The third-order valence-corrected chi connectivity index (χ3v) is 5.49. The molecule has 0 N–H and O–H groups in total. The second kappa shape index (κ2) is 9.00. The summed E-state index contributed by atoms with van der Waals surface area (Å²) in [5.74, 6) is -0.340. The van der Waals surface area contributed by atoms with Crippen LogP contribution in [0.1, 0.15) is 22.1 Å². The van der Waals surface area contributed by atoms with E-state index in [1.807, 2.05) is 84.9 Å². The Labute approximate surface area is 190 Å². The number of nitrogens with zero attached hydrogens (tertiary/aromatic N) is 3. The number of anilines is 1. The van der Waals surface area contributed by atoms with E-state index >= 15 is 0 Å². The quantitative estimate of drug-likeness (QED) is 0.436. The van der Waals surface area contributed by atoms with Gasteiger partial charge in [-0.15, -0.1) is 0 Å². The highest BCUT2D eigenvalue weighted by Gasteiger charge is 2.34. The molecule has 3 aromatic carbocycles. The molecule has 33 heavy (non-hydrogen) atoms. The van der Waals surface area contributed by atoms with Crippen LogP contribution in [0, 0.1) is 0 Å². The number of hydrogen-bond acceptors (Lipinski definition) is 5. The van der Waals surface area contributed by atoms with Gasteiger partial charge in [0.25, 0.3) is 5.91 Å². The van der Waals surface area contributed by atoms with Crippen LogP contribution in [0.25, 0.3) is 5.69 Å². The number of para-hydroxylation sites is 3. The van der Waals surface area contributed by atoms with E-state index in [-0.39, 0.29) is 17.6 Å². The van der Waals surface area contributed by atoms with Gasteiger partial charge in [0, 0.05) is 5.69 Å². The lowest BCUT2D eigenvalue weighted by Gasteiger charge is -2.37. The van der Waals surface area contributed by atoms with E-state index in [0.29, 0.717) is 18.0 Å². The van der Waals surface area contributed by atoms with Crippen LogP contribution in [-0.4, -0.2) is 34.6 Å². The number of imidazole rings is 1. The van der Waals surface area contributed by atoms with Gasteiger partial charge in [0.2, 0.25) is 0 Å². The van der Waals surface area contributed by atoms with Crippen LogP contribution in [0.2, 0.25) is 0 Å². The first-order valence-corrected chi connectivity index (χ1v) is 10.6. The van der Waals surface area contributed by atoms with E-state index in [2.05, 4.69) is 4.98 Å².